The standard InChI is InChI=1S/C18H19F3N4OS/c19-18(20,21)16-12-14(6-7-22-16)23-17(26)27-13-24-8-10-25(11-9-24)15-4-2-1-3-5-15/h1-7,12H,8-11,13H2,(H,22,23,26). The molecule has 1 aromatic carbocycles. The normalized spacial score (nSPS) is 15.6. The fourth-order valence-electron chi connectivity index (χ4n) is 2.74. The summed E-state index contributed by atoms with van der Waals surface area (Å²) in [5.74, 6) is 0.492. The lowest BCUT2D eigenvalue weighted by Crippen LogP contribution is -2.46. The zero-order valence-electron chi connectivity index (χ0n) is 14.4. The number of nitrogens with one attached hydrogen (secondary N) is 1. The minimum atomic E-state index is -4.54. The minimum Gasteiger partial charge on any atom is -0.369 e. The van der Waals surface area contributed by atoms with Crippen molar-refractivity contribution in [1.82, 2.24) is 9.88 Å². The largest absolute Gasteiger partial charge is 0.433 e. The van der Waals surface area contributed by atoms with Gasteiger partial charge in [0.25, 0.3) is 5.24 Å². The Balaban J connectivity index is 1.44. The van der Waals surface area contributed by atoms with Crippen molar-refractivity contribution in [3.8, 4) is 0 Å². The van der Waals surface area contributed by atoms with Crippen LogP contribution in [0.1, 0.15) is 5.69 Å². The molecular weight excluding hydrogens is 377 g/mol. The number of thioether (sulfide) groups is 1. The number of carbonyl (C=O) groups is 1. The second kappa shape index (κ2) is 8.62. The molecule has 2 heterocycles. The maximum Gasteiger partial charge on any atom is 0.433 e. The lowest BCUT2D eigenvalue weighted by atomic mass is 10.2. The number of carbonyl (C=O) groups excluding carboxylic acids is 1. The summed E-state index contributed by atoms with van der Waals surface area (Å²) in [5.41, 5.74) is 0.242. The number of nitrogens with zero attached hydrogens (tertiary/aromatic N) is 3. The van der Waals surface area contributed by atoms with Crippen LogP contribution in [0.5, 0.6) is 0 Å². The number of hydrogen-bond acceptors (Lipinski definition) is 5. The number of para-hydroxylation sites is 1. The van der Waals surface area contributed by atoms with E-state index in [1.807, 2.05) is 18.2 Å². The van der Waals surface area contributed by atoms with Crippen molar-refractivity contribution in [3.05, 3.63) is 54.4 Å². The first-order valence-corrected chi connectivity index (χ1v) is 9.40. The molecular formula is C18H19F3N4OS. The van der Waals surface area contributed by atoms with Crippen molar-refractivity contribution in [2.45, 2.75) is 6.18 Å². The van der Waals surface area contributed by atoms with Crippen LogP contribution in [0, 0.1) is 0 Å². The summed E-state index contributed by atoms with van der Waals surface area (Å²) in [7, 11) is 0. The molecule has 0 saturated carbocycles. The quantitative estimate of drug-likeness (QED) is 0.842. The van der Waals surface area contributed by atoms with E-state index in [1.165, 1.54) is 11.8 Å². The summed E-state index contributed by atoms with van der Waals surface area (Å²) < 4.78 is 38.0. The maximum atomic E-state index is 12.7. The summed E-state index contributed by atoms with van der Waals surface area (Å²) in [4.78, 5) is 19.7. The molecule has 3 rings (SSSR count). The molecule has 0 unspecified atom stereocenters. The number of amides is 1. The number of halogens is 3. The Kier molecular flexibility index (Phi) is 6.22. The molecule has 1 aromatic heterocycles. The van der Waals surface area contributed by atoms with Gasteiger partial charge in [-0.15, -0.1) is 0 Å². The van der Waals surface area contributed by atoms with Crippen molar-refractivity contribution in [1.29, 1.82) is 0 Å². The van der Waals surface area contributed by atoms with Gasteiger partial charge < -0.3 is 10.2 Å². The predicted molar refractivity (Wildman–Crippen MR) is 101 cm³/mol. The summed E-state index contributed by atoms with van der Waals surface area (Å²) in [5, 5.41) is 2.09. The van der Waals surface area contributed by atoms with Crippen LogP contribution in [0.3, 0.4) is 0 Å². The van der Waals surface area contributed by atoms with Gasteiger partial charge in [0.15, 0.2) is 0 Å². The van der Waals surface area contributed by atoms with Gasteiger partial charge in [-0.05, 0) is 36.0 Å². The molecule has 1 aliphatic heterocycles. The van der Waals surface area contributed by atoms with E-state index in [0.29, 0.717) is 5.88 Å². The lowest BCUT2D eigenvalue weighted by molar-refractivity contribution is -0.141. The number of benzene rings is 1. The summed E-state index contributed by atoms with van der Waals surface area (Å²) in [6.45, 7) is 3.38. The highest BCUT2D eigenvalue weighted by molar-refractivity contribution is 8.13. The fourth-order valence-corrected chi connectivity index (χ4v) is 3.49. The number of piperazine rings is 1. The number of rotatable bonds is 4. The number of pyridine rings is 1. The zero-order valence-corrected chi connectivity index (χ0v) is 15.3. The third-order valence-electron chi connectivity index (χ3n) is 4.17. The van der Waals surface area contributed by atoms with Crippen LogP contribution < -0.4 is 10.2 Å². The zero-order chi connectivity index (χ0) is 19.3. The Morgan fingerprint density at radius 2 is 1.81 bits per heavy atom. The lowest BCUT2D eigenvalue weighted by Gasteiger charge is -2.35. The highest BCUT2D eigenvalue weighted by Crippen LogP contribution is 2.29. The Morgan fingerprint density at radius 3 is 2.48 bits per heavy atom. The van der Waals surface area contributed by atoms with Crippen LogP contribution in [0.4, 0.5) is 29.3 Å². The molecule has 27 heavy (non-hydrogen) atoms. The van der Waals surface area contributed by atoms with E-state index in [-0.39, 0.29) is 10.9 Å². The van der Waals surface area contributed by atoms with Gasteiger partial charge in [-0.25, -0.2) is 0 Å². The van der Waals surface area contributed by atoms with E-state index in [4.69, 9.17) is 0 Å². The fraction of sp³-hybridized carbons (Fsp3) is 0.333. The molecule has 2 aromatic rings. The second-order valence-corrected chi connectivity index (χ2v) is 6.97. The van der Waals surface area contributed by atoms with E-state index in [2.05, 4.69) is 32.2 Å². The highest BCUT2D eigenvalue weighted by atomic mass is 32.2. The van der Waals surface area contributed by atoms with E-state index in [9.17, 15) is 18.0 Å². The third kappa shape index (κ3) is 5.61. The van der Waals surface area contributed by atoms with Crippen molar-refractivity contribution in [3.63, 3.8) is 0 Å². The van der Waals surface area contributed by atoms with Crippen molar-refractivity contribution < 1.29 is 18.0 Å². The van der Waals surface area contributed by atoms with Gasteiger partial charge in [-0.1, -0.05) is 18.2 Å². The Hall–Kier alpha value is -2.26. The molecule has 0 aliphatic carbocycles. The van der Waals surface area contributed by atoms with Crippen LogP contribution in [0.2, 0.25) is 0 Å². The third-order valence-corrected chi connectivity index (χ3v) is 5.03. The summed E-state index contributed by atoms with van der Waals surface area (Å²) in [6.07, 6.45) is -3.50. The van der Waals surface area contributed by atoms with E-state index >= 15 is 0 Å². The number of aromatic nitrogens is 1. The van der Waals surface area contributed by atoms with Gasteiger partial charge in [0.2, 0.25) is 0 Å². The maximum absolute atomic E-state index is 12.7. The topological polar surface area (TPSA) is 48.5 Å². The Labute approximate surface area is 159 Å². The van der Waals surface area contributed by atoms with Gasteiger partial charge in [0, 0.05) is 43.8 Å². The van der Waals surface area contributed by atoms with Gasteiger partial charge in [-0.3, -0.25) is 14.7 Å². The van der Waals surface area contributed by atoms with Crippen molar-refractivity contribution >= 4 is 28.4 Å². The average molecular weight is 396 g/mol. The van der Waals surface area contributed by atoms with Gasteiger partial charge in [0.05, 0.1) is 5.88 Å². The van der Waals surface area contributed by atoms with Gasteiger partial charge in [-0.2, -0.15) is 13.2 Å². The average Bonchev–Trinajstić information content (AvgIpc) is 2.67. The van der Waals surface area contributed by atoms with Crippen LogP contribution in [-0.4, -0.2) is 47.2 Å². The van der Waals surface area contributed by atoms with Gasteiger partial charge >= 0.3 is 6.18 Å². The molecule has 1 N–H and O–H groups in total. The van der Waals surface area contributed by atoms with E-state index in [1.54, 1.807) is 0 Å². The Morgan fingerprint density at radius 1 is 1.11 bits per heavy atom. The van der Waals surface area contributed by atoms with Crippen LogP contribution in [-0.2, 0) is 6.18 Å². The van der Waals surface area contributed by atoms with E-state index in [0.717, 1.165) is 50.2 Å². The van der Waals surface area contributed by atoms with Crippen molar-refractivity contribution in [2.75, 3.05) is 42.3 Å². The Bertz CT molecular complexity index is 765. The monoisotopic (exact) mass is 396 g/mol. The molecule has 1 amide bonds. The first-order chi connectivity index (χ1) is 12.9. The minimum absolute atomic E-state index is 0.0868. The molecule has 5 nitrogen and oxygen atoms in total. The molecule has 144 valence electrons. The molecule has 0 bridgehead atoms. The van der Waals surface area contributed by atoms with Crippen LogP contribution in [0.25, 0.3) is 0 Å². The smallest absolute Gasteiger partial charge is 0.369 e. The van der Waals surface area contributed by atoms with Crippen LogP contribution in [0.15, 0.2) is 48.7 Å². The number of anilines is 2. The molecule has 1 aliphatic rings. The number of hydrogen-bond donors (Lipinski definition) is 1. The van der Waals surface area contributed by atoms with E-state index < -0.39 is 11.9 Å². The van der Waals surface area contributed by atoms with Gasteiger partial charge in [0.1, 0.15) is 5.69 Å². The van der Waals surface area contributed by atoms with Crippen molar-refractivity contribution in [2.24, 2.45) is 0 Å². The molecule has 9 heteroatoms. The molecule has 1 saturated heterocycles. The first-order valence-electron chi connectivity index (χ1n) is 8.41. The SMILES string of the molecule is O=C(Nc1ccnc(C(F)(F)F)c1)SCN1CCN(c2ccccc2)CC1. The second-order valence-electron chi connectivity index (χ2n) is 6.05. The molecule has 0 atom stereocenters. The summed E-state index contributed by atoms with van der Waals surface area (Å²) in [6, 6.07) is 12.3. The number of alkyl halides is 3. The summed E-state index contributed by atoms with van der Waals surface area (Å²) >= 11 is 1.04. The molecule has 1 fully saturated rings. The molecule has 0 spiro atoms. The first kappa shape index (κ1) is 19.5. The molecule has 0 radical (unpaired) electrons. The predicted octanol–water partition coefficient (Wildman–Crippen LogP) is 4.15. The highest BCUT2D eigenvalue weighted by Gasteiger charge is 2.32. The van der Waals surface area contributed by atoms with Crippen LogP contribution >= 0.6 is 11.8 Å².